The van der Waals surface area contributed by atoms with Crippen LogP contribution < -0.4 is 10.1 Å². The summed E-state index contributed by atoms with van der Waals surface area (Å²) in [6.07, 6.45) is 2.05. The summed E-state index contributed by atoms with van der Waals surface area (Å²) in [5, 5.41) is 14.4. The second-order valence-corrected chi connectivity index (χ2v) is 6.68. The number of nitrogens with one attached hydrogen (secondary N) is 1. The van der Waals surface area contributed by atoms with Gasteiger partial charge >= 0.3 is 0 Å². The van der Waals surface area contributed by atoms with Crippen molar-refractivity contribution in [1.29, 1.82) is 0 Å². The predicted octanol–water partition coefficient (Wildman–Crippen LogP) is 3.39. The lowest BCUT2D eigenvalue weighted by Crippen LogP contribution is -2.12. The molecule has 1 amide bonds. The molecule has 1 heterocycles. The zero-order chi connectivity index (χ0) is 19.1. The molecule has 0 saturated carbocycles. The molecular weight excluding hydrogens is 362 g/mol. The Balaban J connectivity index is 1.65. The van der Waals surface area contributed by atoms with Crippen molar-refractivity contribution in [3.63, 3.8) is 0 Å². The molecule has 0 aliphatic carbocycles. The van der Waals surface area contributed by atoms with Gasteiger partial charge in [0.25, 0.3) is 5.91 Å². The molecule has 0 fully saturated rings. The summed E-state index contributed by atoms with van der Waals surface area (Å²) in [6.45, 7) is 2.87. The van der Waals surface area contributed by atoms with Gasteiger partial charge in [0.15, 0.2) is 5.82 Å². The summed E-state index contributed by atoms with van der Waals surface area (Å²) >= 11 is 1.74. The van der Waals surface area contributed by atoms with Crippen LogP contribution in [-0.4, -0.2) is 32.4 Å². The number of thioether (sulfide) groups is 1. The molecule has 0 aliphatic heterocycles. The van der Waals surface area contributed by atoms with Gasteiger partial charge in [-0.1, -0.05) is 18.2 Å². The molecule has 0 aliphatic rings. The van der Waals surface area contributed by atoms with Gasteiger partial charge in [-0.25, -0.2) is 4.68 Å². The van der Waals surface area contributed by atoms with E-state index >= 15 is 0 Å². The van der Waals surface area contributed by atoms with Gasteiger partial charge in [0.05, 0.1) is 0 Å². The van der Waals surface area contributed by atoms with Gasteiger partial charge in [0.1, 0.15) is 12.4 Å². The summed E-state index contributed by atoms with van der Waals surface area (Å²) in [4.78, 5) is 12.6. The molecule has 0 unspecified atom stereocenters. The Morgan fingerprint density at radius 2 is 2.07 bits per heavy atom. The van der Waals surface area contributed by atoms with E-state index in [2.05, 4.69) is 27.1 Å². The van der Waals surface area contributed by atoms with Gasteiger partial charge in [-0.3, -0.25) is 4.79 Å². The van der Waals surface area contributed by atoms with Gasteiger partial charge in [-0.05, 0) is 59.5 Å². The number of ether oxygens (including phenoxy) is 1. The molecule has 3 aromatic rings. The summed E-state index contributed by atoms with van der Waals surface area (Å²) < 4.78 is 7.40. The van der Waals surface area contributed by atoms with Crippen LogP contribution in [0.4, 0.5) is 5.69 Å². The number of aromatic nitrogens is 4. The van der Waals surface area contributed by atoms with Crippen molar-refractivity contribution >= 4 is 23.4 Å². The standard InChI is InChI=1S/C19H21N5O2S/c1-3-24-18(21-22-23-24)12-26-17-9-5-7-15(11-17)19(25)20-16-8-4-6-14(10-16)13-27-2/h4-11H,3,12-13H2,1-2H3,(H,20,25). The van der Waals surface area contributed by atoms with E-state index in [4.69, 9.17) is 4.74 Å². The Hall–Kier alpha value is -2.87. The zero-order valence-electron chi connectivity index (χ0n) is 15.3. The number of aryl methyl sites for hydroxylation is 1. The first-order valence-electron chi connectivity index (χ1n) is 8.56. The molecule has 0 spiro atoms. The highest BCUT2D eigenvalue weighted by molar-refractivity contribution is 7.97. The molecule has 8 heteroatoms. The third-order valence-corrected chi connectivity index (χ3v) is 4.49. The smallest absolute Gasteiger partial charge is 0.255 e. The third kappa shape index (κ3) is 5.07. The molecule has 1 N–H and O–H groups in total. The molecular formula is C19H21N5O2S. The van der Waals surface area contributed by atoms with E-state index in [1.54, 1.807) is 40.7 Å². The number of amides is 1. The molecule has 27 heavy (non-hydrogen) atoms. The summed E-state index contributed by atoms with van der Waals surface area (Å²) in [5.41, 5.74) is 2.48. The molecule has 7 nitrogen and oxygen atoms in total. The van der Waals surface area contributed by atoms with Crippen LogP contribution in [0.25, 0.3) is 0 Å². The van der Waals surface area contributed by atoms with Crippen molar-refractivity contribution in [3.05, 3.63) is 65.5 Å². The highest BCUT2D eigenvalue weighted by Crippen LogP contribution is 2.18. The minimum atomic E-state index is -0.180. The number of carbonyl (C=O) groups is 1. The number of tetrazole rings is 1. The van der Waals surface area contributed by atoms with Crippen molar-refractivity contribution in [2.24, 2.45) is 0 Å². The molecule has 0 bridgehead atoms. The van der Waals surface area contributed by atoms with E-state index in [9.17, 15) is 4.79 Å². The molecule has 0 radical (unpaired) electrons. The zero-order valence-corrected chi connectivity index (χ0v) is 16.1. The van der Waals surface area contributed by atoms with Crippen LogP contribution in [0.3, 0.4) is 0 Å². The highest BCUT2D eigenvalue weighted by Gasteiger charge is 2.09. The lowest BCUT2D eigenvalue weighted by atomic mass is 10.2. The van der Waals surface area contributed by atoms with E-state index in [1.165, 1.54) is 5.56 Å². The maximum atomic E-state index is 12.6. The van der Waals surface area contributed by atoms with Crippen LogP contribution in [0.1, 0.15) is 28.7 Å². The SMILES string of the molecule is CCn1nnnc1COc1cccc(C(=O)Nc2cccc(CSC)c2)c1. The van der Waals surface area contributed by atoms with Crippen LogP contribution in [0.15, 0.2) is 48.5 Å². The Morgan fingerprint density at radius 3 is 2.89 bits per heavy atom. The number of hydrogen-bond donors (Lipinski definition) is 1. The largest absolute Gasteiger partial charge is 0.486 e. The fourth-order valence-corrected chi connectivity index (χ4v) is 3.07. The Labute approximate surface area is 162 Å². The van der Waals surface area contributed by atoms with Gasteiger partial charge in [0.2, 0.25) is 0 Å². The minimum absolute atomic E-state index is 0.180. The van der Waals surface area contributed by atoms with Crippen molar-refractivity contribution < 1.29 is 9.53 Å². The summed E-state index contributed by atoms with van der Waals surface area (Å²) in [7, 11) is 0. The van der Waals surface area contributed by atoms with E-state index in [1.807, 2.05) is 31.2 Å². The Bertz CT molecular complexity index is 912. The van der Waals surface area contributed by atoms with Crippen molar-refractivity contribution in [2.75, 3.05) is 11.6 Å². The second-order valence-electron chi connectivity index (χ2n) is 5.81. The van der Waals surface area contributed by atoms with Gasteiger partial charge in [-0.2, -0.15) is 11.8 Å². The number of benzene rings is 2. The number of rotatable bonds is 8. The molecule has 1 aromatic heterocycles. The average molecular weight is 383 g/mol. The molecule has 2 aromatic carbocycles. The van der Waals surface area contributed by atoms with Crippen LogP contribution in [0.5, 0.6) is 5.75 Å². The van der Waals surface area contributed by atoms with Crippen LogP contribution in [0.2, 0.25) is 0 Å². The second kappa shape index (κ2) is 9.18. The topological polar surface area (TPSA) is 81.9 Å². The number of anilines is 1. The minimum Gasteiger partial charge on any atom is -0.486 e. The quantitative estimate of drug-likeness (QED) is 0.642. The lowest BCUT2D eigenvalue weighted by Gasteiger charge is -2.09. The van der Waals surface area contributed by atoms with Gasteiger partial charge in [-0.15, -0.1) is 5.10 Å². The van der Waals surface area contributed by atoms with Crippen LogP contribution in [-0.2, 0) is 18.9 Å². The maximum absolute atomic E-state index is 12.6. The number of carbonyl (C=O) groups excluding carboxylic acids is 1. The fourth-order valence-electron chi connectivity index (χ4n) is 2.56. The summed E-state index contributed by atoms with van der Waals surface area (Å²) in [5.74, 6) is 1.95. The van der Waals surface area contributed by atoms with E-state index < -0.39 is 0 Å². The molecule has 0 saturated heterocycles. The number of nitrogens with zero attached hydrogens (tertiary/aromatic N) is 4. The first kappa shape index (κ1) is 18.9. The molecule has 3 rings (SSSR count). The normalized spacial score (nSPS) is 10.6. The number of hydrogen-bond acceptors (Lipinski definition) is 6. The monoisotopic (exact) mass is 383 g/mol. The maximum Gasteiger partial charge on any atom is 0.255 e. The van der Waals surface area contributed by atoms with Crippen molar-refractivity contribution in [3.8, 4) is 5.75 Å². The van der Waals surface area contributed by atoms with Crippen LogP contribution in [0, 0.1) is 0 Å². The van der Waals surface area contributed by atoms with E-state index in [0.29, 0.717) is 23.7 Å². The first-order chi connectivity index (χ1) is 13.2. The predicted molar refractivity (Wildman–Crippen MR) is 106 cm³/mol. The van der Waals surface area contributed by atoms with E-state index in [-0.39, 0.29) is 12.5 Å². The van der Waals surface area contributed by atoms with E-state index in [0.717, 1.165) is 11.4 Å². The van der Waals surface area contributed by atoms with Crippen molar-refractivity contribution in [2.45, 2.75) is 25.8 Å². The van der Waals surface area contributed by atoms with Gasteiger partial charge < -0.3 is 10.1 Å². The fraction of sp³-hybridized carbons (Fsp3) is 0.263. The average Bonchev–Trinajstić information content (AvgIpc) is 3.15. The molecule has 140 valence electrons. The Kier molecular flexibility index (Phi) is 6.43. The Morgan fingerprint density at radius 1 is 1.22 bits per heavy atom. The van der Waals surface area contributed by atoms with Crippen molar-refractivity contribution in [1.82, 2.24) is 20.2 Å². The lowest BCUT2D eigenvalue weighted by molar-refractivity contribution is 0.102. The van der Waals surface area contributed by atoms with Gasteiger partial charge in [0, 0.05) is 23.5 Å². The first-order valence-corrected chi connectivity index (χ1v) is 9.96. The molecule has 0 atom stereocenters. The van der Waals surface area contributed by atoms with Crippen LogP contribution >= 0.6 is 11.8 Å². The third-order valence-electron chi connectivity index (χ3n) is 3.87. The highest BCUT2D eigenvalue weighted by atomic mass is 32.2. The summed E-state index contributed by atoms with van der Waals surface area (Å²) in [6, 6.07) is 14.9.